The molecular weight excluding hydrogens is 338 g/mol. The molecule has 140 valence electrons. The van der Waals surface area contributed by atoms with Crippen molar-refractivity contribution in [2.45, 2.75) is 26.7 Å². The molecule has 1 aliphatic rings. The summed E-state index contributed by atoms with van der Waals surface area (Å²) in [7, 11) is 0. The van der Waals surface area contributed by atoms with E-state index in [1.807, 2.05) is 0 Å². The van der Waals surface area contributed by atoms with Crippen molar-refractivity contribution >= 4 is 35.1 Å². The Hall–Kier alpha value is -2.90. The van der Waals surface area contributed by atoms with Gasteiger partial charge in [0, 0.05) is 31.4 Å². The molecule has 2 N–H and O–H groups in total. The monoisotopic (exact) mass is 361 g/mol. The second kappa shape index (κ2) is 8.98. The van der Waals surface area contributed by atoms with Crippen LogP contribution < -0.4 is 10.6 Å². The Morgan fingerprint density at radius 2 is 1.73 bits per heavy atom. The molecule has 1 heterocycles. The van der Waals surface area contributed by atoms with Gasteiger partial charge in [-0.2, -0.15) is 0 Å². The van der Waals surface area contributed by atoms with E-state index in [0.29, 0.717) is 43.9 Å². The summed E-state index contributed by atoms with van der Waals surface area (Å²) in [4.78, 5) is 48.7. The zero-order valence-electron chi connectivity index (χ0n) is 14.9. The largest absolute Gasteiger partial charge is 0.466 e. The fraction of sp³-hybridized carbons (Fsp3) is 0.444. The molecule has 1 saturated heterocycles. The molecule has 8 nitrogen and oxygen atoms in total. The molecule has 3 amide bonds. The minimum atomic E-state index is -0.750. The van der Waals surface area contributed by atoms with Gasteiger partial charge in [-0.25, -0.2) is 0 Å². The summed E-state index contributed by atoms with van der Waals surface area (Å²) in [6, 6.07) is 6.54. The van der Waals surface area contributed by atoms with Gasteiger partial charge in [-0.05, 0) is 38.0 Å². The number of anilines is 2. The van der Waals surface area contributed by atoms with Crippen LogP contribution in [-0.2, 0) is 23.9 Å². The summed E-state index contributed by atoms with van der Waals surface area (Å²) in [6.07, 6.45) is 0.964. The van der Waals surface area contributed by atoms with Crippen LogP contribution in [0, 0.1) is 5.92 Å². The van der Waals surface area contributed by atoms with E-state index in [1.54, 1.807) is 31.2 Å². The van der Waals surface area contributed by atoms with Gasteiger partial charge in [-0.3, -0.25) is 19.2 Å². The number of hydrogen-bond acceptors (Lipinski definition) is 5. The van der Waals surface area contributed by atoms with Gasteiger partial charge in [0.25, 0.3) is 0 Å². The van der Waals surface area contributed by atoms with E-state index < -0.39 is 11.8 Å². The summed E-state index contributed by atoms with van der Waals surface area (Å²) in [5, 5.41) is 5.14. The fourth-order valence-corrected chi connectivity index (χ4v) is 2.78. The van der Waals surface area contributed by atoms with Crippen molar-refractivity contribution < 1.29 is 23.9 Å². The first-order valence-electron chi connectivity index (χ1n) is 8.55. The number of carbonyl (C=O) groups excluding carboxylic acids is 4. The molecule has 26 heavy (non-hydrogen) atoms. The number of nitrogens with one attached hydrogen (secondary N) is 2. The molecule has 0 spiro atoms. The van der Waals surface area contributed by atoms with E-state index >= 15 is 0 Å². The number of likely N-dealkylation sites (tertiary alicyclic amines) is 1. The summed E-state index contributed by atoms with van der Waals surface area (Å²) in [5.41, 5.74) is 0.939. The minimum Gasteiger partial charge on any atom is -0.466 e. The second-order valence-electron chi connectivity index (χ2n) is 6.03. The predicted molar refractivity (Wildman–Crippen MR) is 95.3 cm³/mol. The third kappa shape index (κ3) is 5.30. The van der Waals surface area contributed by atoms with E-state index in [-0.39, 0.29) is 17.8 Å². The molecule has 8 heteroatoms. The van der Waals surface area contributed by atoms with Crippen molar-refractivity contribution in [1.29, 1.82) is 0 Å². The van der Waals surface area contributed by atoms with Crippen LogP contribution in [-0.4, -0.2) is 48.3 Å². The van der Waals surface area contributed by atoms with Crippen molar-refractivity contribution in [1.82, 2.24) is 4.90 Å². The first kappa shape index (κ1) is 19.4. The fourth-order valence-electron chi connectivity index (χ4n) is 2.78. The van der Waals surface area contributed by atoms with Crippen LogP contribution in [0.5, 0.6) is 0 Å². The van der Waals surface area contributed by atoms with Crippen LogP contribution in [0.15, 0.2) is 24.3 Å². The average molecular weight is 361 g/mol. The van der Waals surface area contributed by atoms with Gasteiger partial charge in [0.2, 0.25) is 5.91 Å². The lowest BCUT2D eigenvalue weighted by Gasteiger charge is -2.30. The summed E-state index contributed by atoms with van der Waals surface area (Å²) < 4.78 is 4.99. The maximum Gasteiger partial charge on any atom is 0.313 e. The number of nitrogens with zero attached hydrogens (tertiary/aromatic N) is 1. The highest BCUT2D eigenvalue weighted by molar-refractivity contribution is 6.39. The molecule has 1 aliphatic heterocycles. The molecule has 1 aromatic carbocycles. The number of hydrogen-bond donors (Lipinski definition) is 2. The summed E-state index contributed by atoms with van der Waals surface area (Å²) in [5.74, 6) is -2.10. The highest BCUT2D eigenvalue weighted by Gasteiger charge is 2.30. The Balaban J connectivity index is 1.89. The Morgan fingerprint density at radius 3 is 2.31 bits per heavy atom. The molecule has 2 rings (SSSR count). The van der Waals surface area contributed by atoms with Gasteiger partial charge in [0.15, 0.2) is 0 Å². The second-order valence-corrected chi connectivity index (χ2v) is 6.03. The number of rotatable bonds is 4. The highest BCUT2D eigenvalue weighted by atomic mass is 16.5. The number of benzene rings is 1. The Kier molecular flexibility index (Phi) is 6.71. The van der Waals surface area contributed by atoms with Gasteiger partial charge in [0.05, 0.1) is 12.5 Å². The van der Waals surface area contributed by atoms with Crippen LogP contribution in [0.4, 0.5) is 11.4 Å². The third-order valence-corrected chi connectivity index (χ3v) is 4.04. The molecule has 0 saturated carbocycles. The third-order valence-electron chi connectivity index (χ3n) is 4.04. The maximum absolute atomic E-state index is 12.3. The molecule has 1 aromatic rings. The van der Waals surface area contributed by atoms with Gasteiger partial charge >= 0.3 is 17.8 Å². The molecular formula is C18H23N3O5. The van der Waals surface area contributed by atoms with E-state index in [0.717, 1.165) is 0 Å². The van der Waals surface area contributed by atoms with Gasteiger partial charge in [-0.15, -0.1) is 0 Å². The van der Waals surface area contributed by atoms with Gasteiger partial charge in [0.1, 0.15) is 0 Å². The molecule has 0 unspecified atom stereocenters. The van der Waals surface area contributed by atoms with Crippen LogP contribution in [0.25, 0.3) is 0 Å². The highest BCUT2D eigenvalue weighted by Crippen LogP contribution is 2.19. The lowest BCUT2D eigenvalue weighted by molar-refractivity contribution is -0.152. The molecule has 0 radical (unpaired) electrons. The van der Waals surface area contributed by atoms with Crippen LogP contribution >= 0.6 is 0 Å². The van der Waals surface area contributed by atoms with Crippen molar-refractivity contribution in [3.63, 3.8) is 0 Å². The van der Waals surface area contributed by atoms with Crippen molar-refractivity contribution in [3.05, 3.63) is 24.3 Å². The predicted octanol–water partition coefficient (Wildman–Crippen LogP) is 1.39. The lowest BCUT2D eigenvalue weighted by Crippen LogP contribution is -2.45. The summed E-state index contributed by atoms with van der Waals surface area (Å²) in [6.45, 7) is 4.14. The normalized spacial score (nSPS) is 14.5. The van der Waals surface area contributed by atoms with E-state index in [4.69, 9.17) is 4.74 Å². The van der Waals surface area contributed by atoms with Crippen molar-refractivity contribution in [2.24, 2.45) is 5.92 Å². The first-order valence-corrected chi connectivity index (χ1v) is 8.55. The standard InChI is InChI=1S/C18H23N3O5/c1-3-26-18(25)13-7-9-21(10-8-13)17(24)16(23)20-15-6-4-5-14(11-15)19-12(2)22/h4-6,11,13H,3,7-10H2,1-2H3,(H,19,22)(H,20,23). The van der Waals surface area contributed by atoms with Crippen LogP contribution in [0.1, 0.15) is 26.7 Å². The topological polar surface area (TPSA) is 105 Å². The number of ether oxygens (including phenoxy) is 1. The number of carbonyl (C=O) groups is 4. The molecule has 0 aromatic heterocycles. The SMILES string of the molecule is CCOC(=O)C1CCN(C(=O)C(=O)Nc2cccc(NC(C)=O)c2)CC1. The maximum atomic E-state index is 12.3. The van der Waals surface area contributed by atoms with Gasteiger partial charge < -0.3 is 20.3 Å². The molecule has 1 fully saturated rings. The lowest BCUT2D eigenvalue weighted by atomic mass is 9.97. The number of esters is 1. The van der Waals surface area contributed by atoms with E-state index in [1.165, 1.54) is 11.8 Å². The number of amides is 3. The van der Waals surface area contributed by atoms with Gasteiger partial charge in [-0.1, -0.05) is 6.07 Å². The first-order chi connectivity index (χ1) is 12.4. The van der Waals surface area contributed by atoms with E-state index in [9.17, 15) is 19.2 Å². The smallest absolute Gasteiger partial charge is 0.313 e. The zero-order valence-corrected chi connectivity index (χ0v) is 14.9. The summed E-state index contributed by atoms with van der Waals surface area (Å²) >= 11 is 0. The van der Waals surface area contributed by atoms with Crippen molar-refractivity contribution in [2.75, 3.05) is 30.3 Å². The Labute approximate surface area is 151 Å². The van der Waals surface area contributed by atoms with Crippen LogP contribution in [0.3, 0.4) is 0 Å². The van der Waals surface area contributed by atoms with Crippen molar-refractivity contribution in [3.8, 4) is 0 Å². The Bertz CT molecular complexity index is 696. The molecule has 0 bridgehead atoms. The molecule has 0 atom stereocenters. The van der Waals surface area contributed by atoms with E-state index in [2.05, 4.69) is 10.6 Å². The minimum absolute atomic E-state index is 0.226. The average Bonchev–Trinajstić information content (AvgIpc) is 2.61. The number of piperidine rings is 1. The molecule has 0 aliphatic carbocycles. The van der Waals surface area contributed by atoms with Crippen LogP contribution in [0.2, 0.25) is 0 Å². The Morgan fingerprint density at radius 1 is 1.12 bits per heavy atom. The zero-order chi connectivity index (χ0) is 19.1. The quantitative estimate of drug-likeness (QED) is 0.623.